The first-order valence-corrected chi connectivity index (χ1v) is 14.2. The van der Waals surface area contributed by atoms with E-state index in [0.717, 1.165) is 16.9 Å². The second kappa shape index (κ2) is 11.6. The number of carbonyl (C=O) groups is 1. The van der Waals surface area contributed by atoms with E-state index in [1.54, 1.807) is 70.2 Å². The summed E-state index contributed by atoms with van der Waals surface area (Å²) in [6.45, 7) is 9.42. The third-order valence-corrected chi connectivity index (χ3v) is 7.59. The number of carbonyl (C=O) groups excluding carboxylic acids is 1. The van der Waals surface area contributed by atoms with Crippen LogP contribution in [0.1, 0.15) is 50.6 Å². The molecule has 0 saturated carbocycles. The monoisotopic (exact) mass is 587 g/mol. The third-order valence-electron chi connectivity index (χ3n) is 6.61. The van der Waals surface area contributed by atoms with Crippen LogP contribution in [0.3, 0.4) is 0 Å². The number of fused-ring (bicyclic) bond motifs is 1. The number of nitro groups is 1. The number of ether oxygens (including phenoxy) is 2. The number of rotatable bonds is 8. The Balaban J connectivity index is 1.62. The lowest BCUT2D eigenvalue weighted by molar-refractivity contribution is -0.384. The third kappa shape index (κ3) is 5.55. The molecular weight excluding hydrogens is 558 g/mol. The number of thiazole rings is 1. The first kappa shape index (κ1) is 28.7. The number of hydrogen-bond donors (Lipinski definition) is 0. The van der Waals surface area contributed by atoms with Gasteiger partial charge in [0.2, 0.25) is 0 Å². The van der Waals surface area contributed by atoms with Crippen molar-refractivity contribution in [1.82, 2.24) is 4.57 Å². The maximum Gasteiger partial charge on any atom is 0.338 e. The molecule has 0 bridgehead atoms. The Morgan fingerprint density at radius 3 is 2.57 bits per heavy atom. The lowest BCUT2D eigenvalue weighted by Gasteiger charge is -2.25. The standard InChI is InChI=1S/C31H29N3O7S/c1-6-39-21-10-8-20(9-11-21)28-27(30(36)40-17(2)3)19(5)32-31-33(28)29(35)26(42-31)16-22-12-14-25(41-22)23-13-7-18(4)15-24(23)34(37)38/h7-17,28H,6H2,1-5H3/b26-16+/t28-/m0/s1. The normalized spacial score (nSPS) is 15.0. The zero-order valence-corrected chi connectivity index (χ0v) is 24.6. The van der Waals surface area contributed by atoms with Gasteiger partial charge in [0.25, 0.3) is 11.2 Å². The van der Waals surface area contributed by atoms with Crippen LogP contribution in [0, 0.1) is 17.0 Å². The topological polar surface area (TPSA) is 126 Å². The van der Waals surface area contributed by atoms with E-state index in [-0.39, 0.29) is 22.9 Å². The molecule has 0 aliphatic carbocycles. The predicted molar refractivity (Wildman–Crippen MR) is 158 cm³/mol. The molecule has 0 saturated heterocycles. The van der Waals surface area contributed by atoms with E-state index in [1.165, 1.54) is 10.6 Å². The number of aryl methyl sites for hydroxylation is 1. The molecule has 3 heterocycles. The Morgan fingerprint density at radius 2 is 1.90 bits per heavy atom. The molecule has 2 aromatic carbocycles. The lowest BCUT2D eigenvalue weighted by Crippen LogP contribution is -2.40. The van der Waals surface area contributed by atoms with Crippen LogP contribution in [0.2, 0.25) is 0 Å². The van der Waals surface area contributed by atoms with Crippen molar-refractivity contribution in [2.24, 2.45) is 4.99 Å². The van der Waals surface area contributed by atoms with Gasteiger partial charge >= 0.3 is 5.97 Å². The summed E-state index contributed by atoms with van der Waals surface area (Å²) in [5.74, 6) is 0.776. The SMILES string of the molecule is CCOc1ccc([C@H]2C(C(=O)OC(C)C)=C(C)N=c3s/c(=C/c4ccc(-c5ccc(C)cc5[N+](=O)[O-])o4)c(=O)n32)cc1. The van der Waals surface area contributed by atoms with Crippen molar-refractivity contribution in [2.45, 2.75) is 46.8 Å². The Bertz CT molecular complexity index is 1900. The summed E-state index contributed by atoms with van der Waals surface area (Å²) in [4.78, 5) is 43.3. The highest BCUT2D eigenvalue weighted by Gasteiger charge is 2.34. The summed E-state index contributed by atoms with van der Waals surface area (Å²) in [6, 6.07) is 14.6. The number of furan rings is 1. The van der Waals surface area contributed by atoms with Crippen molar-refractivity contribution in [3.63, 3.8) is 0 Å². The molecule has 1 atom stereocenters. The van der Waals surface area contributed by atoms with Crippen LogP contribution < -0.4 is 19.6 Å². The van der Waals surface area contributed by atoms with Gasteiger partial charge in [-0.2, -0.15) is 0 Å². The van der Waals surface area contributed by atoms with Gasteiger partial charge in [0.1, 0.15) is 17.3 Å². The summed E-state index contributed by atoms with van der Waals surface area (Å²) in [5.41, 5.74) is 2.10. The molecule has 1 aliphatic rings. The van der Waals surface area contributed by atoms with E-state index in [9.17, 15) is 19.7 Å². The van der Waals surface area contributed by atoms with Crippen LogP contribution in [-0.2, 0) is 9.53 Å². The number of nitro benzene ring substituents is 1. The van der Waals surface area contributed by atoms with E-state index >= 15 is 0 Å². The largest absolute Gasteiger partial charge is 0.494 e. The Morgan fingerprint density at radius 1 is 1.17 bits per heavy atom. The maximum atomic E-state index is 13.9. The Kier molecular flexibility index (Phi) is 7.95. The van der Waals surface area contributed by atoms with E-state index in [0.29, 0.717) is 50.0 Å². The summed E-state index contributed by atoms with van der Waals surface area (Å²) in [5, 5.41) is 11.6. The molecule has 0 fully saturated rings. The number of hydrogen-bond acceptors (Lipinski definition) is 9. The fraction of sp³-hybridized carbons (Fsp3) is 0.258. The highest BCUT2D eigenvalue weighted by atomic mass is 32.1. The number of aromatic nitrogens is 1. The van der Waals surface area contributed by atoms with E-state index in [1.807, 2.05) is 19.1 Å². The second-order valence-electron chi connectivity index (χ2n) is 10.0. The van der Waals surface area contributed by atoms with Gasteiger partial charge in [0.15, 0.2) is 4.80 Å². The molecule has 0 unspecified atom stereocenters. The van der Waals surface area contributed by atoms with Crippen molar-refractivity contribution in [1.29, 1.82) is 0 Å². The molecule has 216 valence electrons. The smallest absolute Gasteiger partial charge is 0.338 e. The molecule has 10 nitrogen and oxygen atoms in total. The molecule has 0 radical (unpaired) electrons. The van der Waals surface area contributed by atoms with Crippen molar-refractivity contribution < 1.29 is 23.6 Å². The van der Waals surface area contributed by atoms with E-state index in [4.69, 9.17) is 13.9 Å². The number of allylic oxidation sites excluding steroid dienone is 1. The zero-order chi connectivity index (χ0) is 30.1. The second-order valence-corrected chi connectivity index (χ2v) is 11.0. The van der Waals surface area contributed by atoms with Gasteiger partial charge in [0, 0.05) is 12.1 Å². The van der Waals surface area contributed by atoms with E-state index < -0.39 is 16.9 Å². The van der Waals surface area contributed by atoms with Gasteiger partial charge in [-0.25, -0.2) is 9.79 Å². The molecule has 4 aromatic rings. The zero-order valence-electron chi connectivity index (χ0n) is 23.7. The minimum absolute atomic E-state index is 0.0677. The molecular formula is C31H29N3O7S. The predicted octanol–water partition coefficient (Wildman–Crippen LogP) is 5.06. The first-order chi connectivity index (χ1) is 20.1. The fourth-order valence-corrected chi connectivity index (χ4v) is 5.82. The van der Waals surface area contributed by atoms with Crippen LogP contribution >= 0.6 is 11.3 Å². The molecule has 0 N–H and O–H groups in total. The average Bonchev–Trinajstić information content (AvgIpc) is 3.52. The highest BCUT2D eigenvalue weighted by Crippen LogP contribution is 2.33. The Hall–Kier alpha value is -4.77. The molecule has 0 spiro atoms. The summed E-state index contributed by atoms with van der Waals surface area (Å²) < 4.78 is 18.9. The number of esters is 1. The summed E-state index contributed by atoms with van der Waals surface area (Å²) in [6.07, 6.45) is 1.22. The molecule has 5 rings (SSSR count). The van der Waals surface area contributed by atoms with Crippen LogP contribution in [0.4, 0.5) is 5.69 Å². The molecule has 0 amide bonds. The van der Waals surface area contributed by atoms with Gasteiger partial charge in [0.05, 0.1) is 45.0 Å². The van der Waals surface area contributed by atoms with Crippen LogP contribution in [-0.4, -0.2) is 28.2 Å². The summed E-state index contributed by atoms with van der Waals surface area (Å²) >= 11 is 1.16. The summed E-state index contributed by atoms with van der Waals surface area (Å²) in [7, 11) is 0. The quantitative estimate of drug-likeness (QED) is 0.160. The van der Waals surface area contributed by atoms with Gasteiger partial charge in [-0.05, 0) is 76.1 Å². The van der Waals surface area contributed by atoms with Crippen molar-refractivity contribution in [2.75, 3.05) is 6.61 Å². The van der Waals surface area contributed by atoms with Crippen LogP contribution in [0.25, 0.3) is 17.4 Å². The maximum absolute atomic E-state index is 13.9. The van der Waals surface area contributed by atoms with Gasteiger partial charge in [-0.3, -0.25) is 19.5 Å². The van der Waals surface area contributed by atoms with Crippen LogP contribution in [0.15, 0.2) is 80.1 Å². The molecule has 42 heavy (non-hydrogen) atoms. The van der Waals surface area contributed by atoms with Gasteiger partial charge < -0.3 is 13.9 Å². The van der Waals surface area contributed by atoms with Crippen molar-refractivity contribution >= 4 is 29.1 Å². The highest BCUT2D eigenvalue weighted by molar-refractivity contribution is 7.07. The fourth-order valence-electron chi connectivity index (χ4n) is 4.79. The number of benzene rings is 2. The minimum Gasteiger partial charge on any atom is -0.494 e. The van der Waals surface area contributed by atoms with Gasteiger partial charge in [-0.1, -0.05) is 29.5 Å². The lowest BCUT2D eigenvalue weighted by atomic mass is 9.96. The minimum atomic E-state index is -0.771. The Labute approximate surface area is 245 Å². The number of nitrogens with zero attached hydrogens (tertiary/aromatic N) is 3. The molecule has 2 aromatic heterocycles. The van der Waals surface area contributed by atoms with Crippen LogP contribution in [0.5, 0.6) is 5.75 Å². The van der Waals surface area contributed by atoms with Crippen molar-refractivity contribution in [3.05, 3.63) is 113 Å². The van der Waals surface area contributed by atoms with Gasteiger partial charge in [-0.15, -0.1) is 0 Å². The molecule has 11 heteroatoms. The average molecular weight is 588 g/mol. The first-order valence-electron chi connectivity index (χ1n) is 13.4. The molecule has 1 aliphatic heterocycles. The van der Waals surface area contributed by atoms with Crippen molar-refractivity contribution in [3.8, 4) is 17.1 Å². The van der Waals surface area contributed by atoms with E-state index in [2.05, 4.69) is 4.99 Å².